The minimum absolute atomic E-state index is 0.00667. The zero-order valence-corrected chi connectivity index (χ0v) is 13.8. The van der Waals surface area contributed by atoms with Gasteiger partial charge in [0.1, 0.15) is 25.0 Å². The normalized spacial score (nSPS) is 12.6. The Kier molecular flexibility index (Phi) is 8.72. The van der Waals surface area contributed by atoms with Crippen molar-refractivity contribution in [3.05, 3.63) is 57.2 Å². The molecule has 1 aromatic carbocycles. The maximum atomic E-state index is 13.0. The van der Waals surface area contributed by atoms with Gasteiger partial charge in [0, 0.05) is 5.56 Å². The van der Waals surface area contributed by atoms with E-state index in [-0.39, 0.29) is 27.8 Å². The second-order valence-electron chi connectivity index (χ2n) is 5.09. The zero-order valence-electron chi connectivity index (χ0n) is 13.8. The van der Waals surface area contributed by atoms with Crippen LogP contribution in [0.1, 0.15) is 30.5 Å². The third-order valence-electron chi connectivity index (χ3n) is 3.38. The molecule has 0 amide bonds. The molecule has 0 atom stereocenters. The Morgan fingerprint density at radius 2 is 1.26 bits per heavy atom. The number of hydrogen-bond donors (Lipinski definition) is 0. The maximum Gasteiger partial charge on any atom is 0.164 e. The smallest absolute Gasteiger partial charge is 0.164 e. The fraction of sp³-hybridized carbons (Fsp3) is 0.412. The van der Waals surface area contributed by atoms with Gasteiger partial charge in [0.15, 0.2) is 11.6 Å². The Labute approximate surface area is 132 Å². The predicted molar refractivity (Wildman–Crippen MR) is 80.0 cm³/mol. The first-order chi connectivity index (χ1) is 10.6. The average Bonchev–Trinajstić information content (AvgIpc) is 2.55. The first-order valence-electron chi connectivity index (χ1n) is 6.84. The second kappa shape index (κ2) is 9.43. The molecule has 0 heterocycles. The second-order valence-corrected chi connectivity index (χ2v) is 5.09. The first kappa shape index (κ1) is 21.3. The van der Waals surface area contributed by atoms with Crippen molar-refractivity contribution in [2.75, 3.05) is 13.3 Å². The van der Waals surface area contributed by atoms with Crippen molar-refractivity contribution >= 4 is 0 Å². The molecule has 0 bridgehead atoms. The van der Waals surface area contributed by atoms with Gasteiger partial charge in [-0.2, -0.15) is 0 Å². The predicted octanol–water partition coefficient (Wildman–Crippen LogP) is 6.14. The van der Waals surface area contributed by atoms with E-state index in [1.807, 2.05) is 0 Å². The van der Waals surface area contributed by atoms with E-state index >= 15 is 0 Å². The molecular formula is C17H20F6. The molecule has 0 aromatic heterocycles. The molecule has 1 rings (SSSR count). The Balaban J connectivity index is 0.000000423. The van der Waals surface area contributed by atoms with Crippen LogP contribution in [-0.4, -0.2) is 13.3 Å². The van der Waals surface area contributed by atoms with Gasteiger partial charge in [0.2, 0.25) is 0 Å². The van der Waals surface area contributed by atoms with Gasteiger partial charge in [-0.1, -0.05) is 0 Å². The molecule has 1 aromatic rings. The molecular weight excluding hydrogens is 318 g/mol. The maximum absolute atomic E-state index is 13.0. The van der Waals surface area contributed by atoms with Gasteiger partial charge < -0.3 is 0 Å². The summed E-state index contributed by atoms with van der Waals surface area (Å²) in [6.45, 7) is 5.21. The van der Waals surface area contributed by atoms with Crippen molar-refractivity contribution in [3.8, 4) is 0 Å². The van der Waals surface area contributed by atoms with E-state index in [4.69, 9.17) is 0 Å². The lowest BCUT2D eigenvalue weighted by Gasteiger charge is -2.07. The van der Waals surface area contributed by atoms with Crippen LogP contribution in [0.2, 0.25) is 0 Å². The van der Waals surface area contributed by atoms with Crippen LogP contribution in [0.25, 0.3) is 0 Å². The minimum atomic E-state index is -1.09. The van der Waals surface area contributed by atoms with Gasteiger partial charge in [-0.05, 0) is 63.0 Å². The molecule has 0 radical (unpaired) electrons. The largest absolute Gasteiger partial charge is 0.247 e. The van der Waals surface area contributed by atoms with Gasteiger partial charge in [0.05, 0.1) is 0 Å². The quantitative estimate of drug-likeness (QED) is 0.352. The molecule has 0 fully saturated rings. The molecule has 0 unspecified atom stereocenters. The van der Waals surface area contributed by atoms with E-state index in [2.05, 4.69) is 0 Å². The summed E-state index contributed by atoms with van der Waals surface area (Å²) in [5.74, 6) is -3.35. The monoisotopic (exact) mass is 338 g/mol. The fourth-order valence-electron chi connectivity index (χ4n) is 1.64. The highest BCUT2D eigenvalue weighted by molar-refractivity contribution is 5.33. The summed E-state index contributed by atoms with van der Waals surface area (Å²) in [5, 5.41) is 0. The SMILES string of the molecule is CC(=C/CF)/C(F)=C(/C)CF.Cc1c(C)c(F)c(F)c(C)c1F. The van der Waals surface area contributed by atoms with E-state index in [1.54, 1.807) is 0 Å². The topological polar surface area (TPSA) is 0 Å². The first-order valence-corrected chi connectivity index (χ1v) is 6.84. The average molecular weight is 338 g/mol. The number of allylic oxidation sites excluding steroid dienone is 4. The molecule has 0 saturated heterocycles. The standard InChI is InChI=1S/C9H9F3.C8H11F3/c1-4-5(2)8(11)9(12)6(3)7(4)10;1-6(3-4-9)8(11)7(2)5-10/h1-3H3;3H,4-5H2,1-2H3/b;6-3-,8-7+. The Morgan fingerprint density at radius 3 is 1.70 bits per heavy atom. The Bertz CT molecular complexity index is 509. The number of benzene rings is 1. The van der Waals surface area contributed by atoms with Crippen molar-refractivity contribution in [3.63, 3.8) is 0 Å². The lowest BCUT2D eigenvalue weighted by molar-refractivity contribution is 0.477. The molecule has 0 nitrogen and oxygen atoms in total. The van der Waals surface area contributed by atoms with Gasteiger partial charge >= 0.3 is 0 Å². The van der Waals surface area contributed by atoms with Crippen LogP contribution >= 0.6 is 0 Å². The van der Waals surface area contributed by atoms with Crippen molar-refractivity contribution in [1.29, 1.82) is 0 Å². The van der Waals surface area contributed by atoms with Crippen LogP contribution in [0.15, 0.2) is 23.0 Å². The zero-order chi connectivity index (χ0) is 18.3. The van der Waals surface area contributed by atoms with E-state index in [0.29, 0.717) is 0 Å². The van der Waals surface area contributed by atoms with Crippen molar-refractivity contribution < 1.29 is 26.3 Å². The van der Waals surface area contributed by atoms with Gasteiger partial charge in [0.25, 0.3) is 0 Å². The number of hydrogen-bond acceptors (Lipinski definition) is 0. The lowest BCUT2D eigenvalue weighted by atomic mass is 10.0. The summed E-state index contributed by atoms with van der Waals surface area (Å²) >= 11 is 0. The van der Waals surface area contributed by atoms with E-state index in [1.165, 1.54) is 34.6 Å². The third kappa shape index (κ3) is 5.44. The molecule has 0 aliphatic heterocycles. The highest BCUT2D eigenvalue weighted by atomic mass is 19.2. The van der Waals surface area contributed by atoms with Crippen molar-refractivity contribution in [1.82, 2.24) is 0 Å². The van der Waals surface area contributed by atoms with Gasteiger partial charge in [-0.3, -0.25) is 0 Å². The molecule has 0 aliphatic carbocycles. The minimum Gasteiger partial charge on any atom is -0.247 e. The van der Waals surface area contributed by atoms with Crippen molar-refractivity contribution in [2.24, 2.45) is 0 Å². The van der Waals surface area contributed by atoms with Crippen LogP contribution in [0.5, 0.6) is 0 Å². The summed E-state index contributed by atoms with van der Waals surface area (Å²) in [7, 11) is 0. The summed E-state index contributed by atoms with van der Waals surface area (Å²) in [6, 6.07) is 0. The summed E-state index contributed by atoms with van der Waals surface area (Å²) in [6.07, 6.45) is 1.08. The Morgan fingerprint density at radius 1 is 0.826 bits per heavy atom. The van der Waals surface area contributed by atoms with Crippen molar-refractivity contribution in [2.45, 2.75) is 34.6 Å². The third-order valence-corrected chi connectivity index (χ3v) is 3.38. The van der Waals surface area contributed by atoms with E-state index < -0.39 is 36.6 Å². The van der Waals surface area contributed by atoms with Crippen LogP contribution in [0.3, 0.4) is 0 Å². The molecule has 0 spiro atoms. The molecule has 0 N–H and O–H groups in total. The lowest BCUT2D eigenvalue weighted by Crippen LogP contribution is -2.01. The number of rotatable bonds is 3. The molecule has 0 aliphatic rings. The fourth-order valence-corrected chi connectivity index (χ4v) is 1.64. The number of halogens is 6. The van der Waals surface area contributed by atoms with Crippen LogP contribution in [-0.2, 0) is 0 Å². The molecule has 6 heteroatoms. The summed E-state index contributed by atoms with van der Waals surface area (Å²) in [5.41, 5.74) is 0.118. The van der Waals surface area contributed by atoms with E-state index in [9.17, 15) is 26.3 Å². The highest BCUT2D eigenvalue weighted by Gasteiger charge is 2.16. The molecule has 23 heavy (non-hydrogen) atoms. The summed E-state index contributed by atoms with van der Waals surface area (Å²) in [4.78, 5) is 0. The van der Waals surface area contributed by atoms with Gasteiger partial charge in [-0.15, -0.1) is 0 Å². The molecule has 0 saturated carbocycles. The number of alkyl halides is 2. The summed E-state index contributed by atoms with van der Waals surface area (Å²) < 4.78 is 74.9. The highest BCUT2D eigenvalue weighted by Crippen LogP contribution is 2.22. The van der Waals surface area contributed by atoms with Crippen LogP contribution in [0, 0.1) is 38.2 Å². The van der Waals surface area contributed by atoms with Gasteiger partial charge in [-0.25, -0.2) is 26.3 Å². The van der Waals surface area contributed by atoms with Crippen LogP contribution in [0.4, 0.5) is 26.3 Å². The molecule has 130 valence electrons. The Hall–Kier alpha value is -1.72. The van der Waals surface area contributed by atoms with E-state index in [0.717, 1.165) is 6.08 Å². The van der Waals surface area contributed by atoms with Crippen LogP contribution < -0.4 is 0 Å².